The van der Waals surface area contributed by atoms with E-state index in [1.807, 2.05) is 18.2 Å². The van der Waals surface area contributed by atoms with Gasteiger partial charge in [-0.15, -0.1) is 0 Å². The molecule has 0 fully saturated rings. The highest BCUT2D eigenvalue weighted by Crippen LogP contribution is 2.17. The molecule has 2 rings (SSSR count). The Labute approximate surface area is 124 Å². The SMILES string of the molecule is CN(c1ccc(C(=O)Nc2ccccc2)cc1)S(C)(=O)=O. The van der Waals surface area contributed by atoms with Crippen molar-refractivity contribution in [2.75, 3.05) is 22.9 Å². The first-order chi connectivity index (χ1) is 9.88. The number of hydrogen-bond donors (Lipinski definition) is 1. The third-order valence-electron chi connectivity index (χ3n) is 3.02. The molecule has 0 saturated heterocycles. The van der Waals surface area contributed by atoms with Crippen molar-refractivity contribution in [2.24, 2.45) is 0 Å². The molecule has 0 atom stereocenters. The molecule has 1 N–H and O–H groups in total. The van der Waals surface area contributed by atoms with Gasteiger partial charge in [0.25, 0.3) is 5.91 Å². The van der Waals surface area contributed by atoms with Crippen molar-refractivity contribution in [3.63, 3.8) is 0 Å². The van der Waals surface area contributed by atoms with Crippen molar-refractivity contribution < 1.29 is 13.2 Å². The molecule has 0 bridgehead atoms. The number of amides is 1. The summed E-state index contributed by atoms with van der Waals surface area (Å²) >= 11 is 0. The quantitative estimate of drug-likeness (QED) is 0.942. The summed E-state index contributed by atoms with van der Waals surface area (Å²) < 4.78 is 24.0. The van der Waals surface area contributed by atoms with E-state index in [0.717, 1.165) is 10.6 Å². The molecule has 0 spiro atoms. The summed E-state index contributed by atoms with van der Waals surface area (Å²) in [7, 11) is -1.84. The Hall–Kier alpha value is -2.34. The molecular weight excluding hydrogens is 288 g/mol. The van der Waals surface area contributed by atoms with Crippen molar-refractivity contribution in [3.8, 4) is 0 Å². The van der Waals surface area contributed by atoms with E-state index >= 15 is 0 Å². The highest BCUT2D eigenvalue weighted by molar-refractivity contribution is 7.92. The summed E-state index contributed by atoms with van der Waals surface area (Å²) in [5.74, 6) is -0.241. The Kier molecular flexibility index (Phi) is 4.28. The number of nitrogens with one attached hydrogen (secondary N) is 1. The van der Waals surface area contributed by atoms with Gasteiger partial charge in [-0.1, -0.05) is 18.2 Å². The molecule has 0 heterocycles. The van der Waals surface area contributed by atoms with Gasteiger partial charge < -0.3 is 5.32 Å². The third-order valence-corrected chi connectivity index (χ3v) is 4.23. The number of benzene rings is 2. The van der Waals surface area contributed by atoms with Gasteiger partial charge in [-0.25, -0.2) is 8.42 Å². The van der Waals surface area contributed by atoms with Crippen LogP contribution in [0.1, 0.15) is 10.4 Å². The predicted octanol–water partition coefficient (Wildman–Crippen LogP) is 2.33. The van der Waals surface area contributed by atoms with Crippen molar-refractivity contribution in [3.05, 3.63) is 60.2 Å². The van der Waals surface area contributed by atoms with Gasteiger partial charge in [-0.3, -0.25) is 9.10 Å². The van der Waals surface area contributed by atoms with Crippen LogP contribution in [0.5, 0.6) is 0 Å². The minimum absolute atomic E-state index is 0.241. The van der Waals surface area contributed by atoms with Gasteiger partial charge in [-0.2, -0.15) is 0 Å². The summed E-state index contributed by atoms with van der Waals surface area (Å²) in [4.78, 5) is 12.0. The fourth-order valence-corrected chi connectivity index (χ4v) is 2.24. The van der Waals surface area contributed by atoms with Crippen LogP contribution in [-0.2, 0) is 10.0 Å². The maximum Gasteiger partial charge on any atom is 0.255 e. The molecule has 21 heavy (non-hydrogen) atoms. The number of carbonyl (C=O) groups excluding carboxylic acids is 1. The number of anilines is 2. The van der Waals surface area contributed by atoms with Gasteiger partial charge in [0, 0.05) is 18.3 Å². The van der Waals surface area contributed by atoms with Crippen molar-refractivity contribution in [1.82, 2.24) is 0 Å². The average Bonchev–Trinajstić information content (AvgIpc) is 2.46. The lowest BCUT2D eigenvalue weighted by molar-refractivity contribution is 0.102. The number of sulfonamides is 1. The second-order valence-electron chi connectivity index (χ2n) is 4.60. The van der Waals surface area contributed by atoms with E-state index in [2.05, 4.69) is 5.32 Å². The molecule has 0 aliphatic carbocycles. The molecule has 0 aliphatic rings. The highest BCUT2D eigenvalue weighted by Gasteiger charge is 2.12. The lowest BCUT2D eigenvalue weighted by Crippen LogP contribution is -2.24. The number of carbonyl (C=O) groups is 1. The summed E-state index contributed by atoms with van der Waals surface area (Å²) in [5.41, 5.74) is 1.68. The van der Waals surface area contributed by atoms with E-state index in [4.69, 9.17) is 0 Å². The first-order valence-corrected chi connectivity index (χ1v) is 8.13. The van der Waals surface area contributed by atoms with Crippen LogP contribution in [0, 0.1) is 0 Å². The second-order valence-corrected chi connectivity index (χ2v) is 6.61. The third kappa shape index (κ3) is 3.82. The predicted molar refractivity (Wildman–Crippen MR) is 84.1 cm³/mol. The van der Waals surface area contributed by atoms with Crippen LogP contribution in [0.3, 0.4) is 0 Å². The molecule has 0 radical (unpaired) electrons. The zero-order valence-electron chi connectivity index (χ0n) is 11.8. The molecule has 2 aromatic carbocycles. The Morgan fingerprint density at radius 2 is 1.57 bits per heavy atom. The van der Waals surface area contributed by atoms with Gasteiger partial charge in [0.05, 0.1) is 11.9 Å². The van der Waals surface area contributed by atoms with Gasteiger partial charge >= 0.3 is 0 Å². The Bertz CT molecular complexity index is 725. The van der Waals surface area contributed by atoms with Crippen LogP contribution >= 0.6 is 0 Å². The van der Waals surface area contributed by atoms with Gasteiger partial charge in [0.2, 0.25) is 10.0 Å². The van der Waals surface area contributed by atoms with Gasteiger partial charge in [0.15, 0.2) is 0 Å². The van der Waals surface area contributed by atoms with Crippen LogP contribution in [0.25, 0.3) is 0 Å². The lowest BCUT2D eigenvalue weighted by Gasteiger charge is -2.16. The standard InChI is InChI=1S/C15H16N2O3S/c1-17(21(2,19)20)14-10-8-12(9-11-14)15(18)16-13-6-4-3-5-7-13/h3-11H,1-2H3,(H,16,18). The Morgan fingerprint density at radius 3 is 2.10 bits per heavy atom. The van der Waals surface area contributed by atoms with E-state index in [0.29, 0.717) is 16.9 Å². The molecule has 5 nitrogen and oxygen atoms in total. The zero-order valence-corrected chi connectivity index (χ0v) is 12.6. The van der Waals surface area contributed by atoms with Crippen molar-refractivity contribution in [1.29, 1.82) is 0 Å². The summed E-state index contributed by atoms with van der Waals surface area (Å²) in [5, 5.41) is 2.77. The number of hydrogen-bond acceptors (Lipinski definition) is 3. The van der Waals surface area contributed by atoms with E-state index in [9.17, 15) is 13.2 Å². The smallest absolute Gasteiger partial charge is 0.255 e. The minimum atomic E-state index is -3.30. The molecule has 0 saturated carbocycles. The summed E-state index contributed by atoms with van der Waals surface area (Å²) in [6.07, 6.45) is 1.13. The van der Waals surface area contributed by atoms with E-state index < -0.39 is 10.0 Å². The van der Waals surface area contributed by atoms with Gasteiger partial charge in [0.1, 0.15) is 0 Å². The topological polar surface area (TPSA) is 66.5 Å². The summed E-state index contributed by atoms with van der Waals surface area (Å²) in [6.45, 7) is 0. The van der Waals surface area contributed by atoms with E-state index in [1.54, 1.807) is 36.4 Å². The number of para-hydroxylation sites is 1. The normalized spacial score (nSPS) is 11.0. The van der Waals surface area contributed by atoms with Crippen LogP contribution in [0.2, 0.25) is 0 Å². The molecule has 2 aromatic rings. The number of nitrogens with zero attached hydrogens (tertiary/aromatic N) is 1. The van der Waals surface area contributed by atoms with Gasteiger partial charge in [-0.05, 0) is 36.4 Å². The highest BCUT2D eigenvalue weighted by atomic mass is 32.2. The van der Waals surface area contributed by atoms with Crippen molar-refractivity contribution >= 4 is 27.3 Å². The fraction of sp³-hybridized carbons (Fsp3) is 0.133. The Morgan fingerprint density at radius 1 is 1.00 bits per heavy atom. The molecule has 0 aromatic heterocycles. The maximum atomic E-state index is 12.0. The average molecular weight is 304 g/mol. The van der Waals surface area contributed by atoms with Crippen LogP contribution < -0.4 is 9.62 Å². The first kappa shape index (κ1) is 15.1. The first-order valence-electron chi connectivity index (χ1n) is 6.28. The zero-order chi connectivity index (χ0) is 15.5. The van der Waals surface area contributed by atoms with E-state index in [1.165, 1.54) is 7.05 Å². The lowest BCUT2D eigenvalue weighted by atomic mass is 10.2. The molecule has 6 heteroatoms. The molecule has 0 unspecified atom stereocenters. The van der Waals surface area contributed by atoms with Crippen molar-refractivity contribution in [2.45, 2.75) is 0 Å². The molecule has 1 amide bonds. The number of rotatable bonds is 4. The monoisotopic (exact) mass is 304 g/mol. The fourth-order valence-electron chi connectivity index (χ4n) is 1.74. The maximum absolute atomic E-state index is 12.0. The summed E-state index contributed by atoms with van der Waals surface area (Å²) in [6, 6.07) is 15.5. The Balaban J connectivity index is 2.14. The van der Waals surface area contributed by atoms with Crippen LogP contribution in [-0.4, -0.2) is 27.6 Å². The second kappa shape index (κ2) is 5.97. The van der Waals surface area contributed by atoms with Crippen LogP contribution in [0.15, 0.2) is 54.6 Å². The molecule has 110 valence electrons. The molecular formula is C15H16N2O3S. The van der Waals surface area contributed by atoms with E-state index in [-0.39, 0.29) is 5.91 Å². The molecule has 0 aliphatic heterocycles. The van der Waals surface area contributed by atoms with Crippen LogP contribution in [0.4, 0.5) is 11.4 Å². The largest absolute Gasteiger partial charge is 0.322 e. The minimum Gasteiger partial charge on any atom is -0.322 e.